The van der Waals surface area contributed by atoms with Crippen molar-refractivity contribution in [2.45, 2.75) is 209 Å². The van der Waals surface area contributed by atoms with Gasteiger partial charge in [0, 0.05) is 77.7 Å². The number of phenols is 4. The number of nitrogens with zero attached hydrogens (tertiary/aromatic N) is 7. The predicted octanol–water partition coefficient (Wildman–Crippen LogP) is 30.4. The minimum absolute atomic E-state index is 0.000595. The summed E-state index contributed by atoms with van der Waals surface area (Å²) < 4.78 is 1.69. The number of fused-ring (bicyclic) bond motifs is 20. The van der Waals surface area contributed by atoms with Crippen molar-refractivity contribution in [1.82, 2.24) is 39.5 Å². The van der Waals surface area contributed by atoms with Gasteiger partial charge in [-0.05, 0) is 120 Å². The van der Waals surface area contributed by atoms with Gasteiger partial charge in [-0.15, -0.1) is 0 Å². The van der Waals surface area contributed by atoms with Crippen molar-refractivity contribution in [2.24, 2.45) is 0 Å². The molecular formula is C88H86Cl12N8O4. The van der Waals surface area contributed by atoms with Gasteiger partial charge in [-0.1, -0.05) is 305 Å². The molecule has 24 heteroatoms. The Balaban J connectivity index is 1.44. The summed E-state index contributed by atoms with van der Waals surface area (Å²) in [4.78, 5) is 37.0. The molecule has 0 unspecified atom stereocenters. The minimum Gasteiger partial charge on any atom is -0.507 e. The molecule has 12 nitrogen and oxygen atoms in total. The number of nitrogens with one attached hydrogen (secondary N) is 1. The van der Waals surface area contributed by atoms with E-state index >= 15 is 0 Å². The summed E-state index contributed by atoms with van der Waals surface area (Å²) in [7, 11) is 0. The van der Waals surface area contributed by atoms with Crippen LogP contribution in [0.5, 0.6) is 23.0 Å². The zero-order valence-corrected chi connectivity index (χ0v) is 75.7. The van der Waals surface area contributed by atoms with Gasteiger partial charge in [-0.25, -0.2) is 29.9 Å². The standard InChI is InChI=1S/C88H86Cl12N8O4/c1-81(2,3)39-25-34(26-40(69(39)109)82(4,5)6)48-49(35-27-41(83(7,8)9)70(110)42(28-35)84(10,11)12)52-53(59(91)50(48)36-29-43(85(13,14)15)71(111)44(30-36)86(16,17)18)76-103-75(52)102-73-38-33-47(89)58(90)60(92)51(38)74(101-73)106-79-56-57(64(96)68(100)67(99)63(56)95)80(107-78-55-54(77(104-76)105-78)61(93)65(97)66(98)62(55)94)108(79)37-31-45(87(19,20)21)72(112)46(32-37)88(22,23)24/h25-33,109-112H,1-24H3,(H,101,102,103,104,105,106,107). The highest BCUT2D eigenvalue weighted by Crippen LogP contribution is 2.60. The van der Waals surface area contributed by atoms with E-state index in [9.17, 15) is 20.4 Å². The molecule has 0 saturated heterocycles. The fraction of sp³-hybridized carbons (Fsp3) is 0.364. The lowest BCUT2D eigenvalue weighted by Gasteiger charge is -2.31. The first-order chi connectivity index (χ1) is 51.3. The summed E-state index contributed by atoms with van der Waals surface area (Å²) in [6, 6.07) is 17.3. The molecule has 5 N–H and O–H groups in total. The number of aromatic hydroxyl groups is 4. The van der Waals surface area contributed by atoms with Gasteiger partial charge >= 0.3 is 0 Å². The lowest BCUT2D eigenvalue weighted by Crippen LogP contribution is -2.18. The van der Waals surface area contributed by atoms with Crippen LogP contribution in [0.3, 0.4) is 0 Å². The van der Waals surface area contributed by atoms with Crippen molar-refractivity contribution in [3.63, 3.8) is 0 Å². The van der Waals surface area contributed by atoms with Crippen LogP contribution in [0.15, 0.2) is 54.6 Å². The Morgan fingerprint density at radius 1 is 0.259 bits per heavy atom. The quantitative estimate of drug-likeness (QED) is 0.0841. The fourth-order valence-corrected chi connectivity index (χ4v) is 18.3. The van der Waals surface area contributed by atoms with Crippen LogP contribution in [0.1, 0.15) is 211 Å². The van der Waals surface area contributed by atoms with E-state index in [1.807, 2.05) is 173 Å². The molecule has 2 aliphatic rings. The van der Waals surface area contributed by atoms with E-state index in [1.165, 1.54) is 0 Å². The van der Waals surface area contributed by atoms with Crippen LogP contribution >= 0.6 is 139 Å². The number of hydrogen-bond donors (Lipinski definition) is 5. The topological polar surface area (TPSA) is 179 Å². The Morgan fingerprint density at radius 2 is 0.545 bits per heavy atom. The first kappa shape index (κ1) is 83.7. The van der Waals surface area contributed by atoms with Gasteiger partial charge in [-0.3, -0.25) is 4.57 Å². The molecule has 112 heavy (non-hydrogen) atoms. The van der Waals surface area contributed by atoms with Crippen LogP contribution < -0.4 is 0 Å². The Labute approximate surface area is 713 Å². The monoisotopic (exact) mass is 1740 g/mol. The average molecular weight is 1750 g/mol. The van der Waals surface area contributed by atoms with E-state index < -0.39 is 43.3 Å². The van der Waals surface area contributed by atoms with Crippen molar-refractivity contribution in [1.29, 1.82) is 0 Å². The van der Waals surface area contributed by atoms with Gasteiger partial charge in [0.05, 0.1) is 87.7 Å². The molecule has 0 amide bonds. The van der Waals surface area contributed by atoms with Gasteiger partial charge in [0.15, 0.2) is 34.6 Å². The molecule has 2 aliphatic heterocycles. The highest BCUT2D eigenvalue weighted by Gasteiger charge is 2.40. The van der Waals surface area contributed by atoms with Crippen LogP contribution in [0, 0.1) is 0 Å². The molecule has 0 fully saturated rings. The molecule has 5 heterocycles. The van der Waals surface area contributed by atoms with E-state index in [2.05, 4.69) is 46.5 Å². The summed E-state index contributed by atoms with van der Waals surface area (Å²) in [5, 5.41) is 51.1. The molecule has 11 aromatic rings. The molecule has 586 valence electrons. The summed E-state index contributed by atoms with van der Waals surface area (Å²) >= 11 is 90.3. The van der Waals surface area contributed by atoms with E-state index in [0.29, 0.717) is 89.0 Å². The summed E-state index contributed by atoms with van der Waals surface area (Å²) in [5.74, 6) is 0.122. The summed E-state index contributed by atoms with van der Waals surface area (Å²) in [6.45, 7) is 48.8. The number of halogens is 12. The third-order valence-corrected chi connectivity index (χ3v) is 26.2. The maximum Gasteiger partial charge on any atom is 0.166 e. The van der Waals surface area contributed by atoms with Gasteiger partial charge in [0.1, 0.15) is 34.3 Å². The minimum atomic E-state index is -0.708. The number of phenolic OH excluding ortho intramolecular Hbond substituents is 4. The van der Waals surface area contributed by atoms with Crippen molar-refractivity contribution >= 4 is 183 Å². The Hall–Kier alpha value is -6.20. The molecular weight excluding hydrogens is 1660 g/mol. The molecule has 0 saturated carbocycles. The molecule has 13 rings (SSSR count). The highest BCUT2D eigenvalue weighted by atomic mass is 35.5. The van der Waals surface area contributed by atoms with Crippen molar-refractivity contribution in [3.05, 3.63) is 159 Å². The highest BCUT2D eigenvalue weighted by molar-refractivity contribution is 6.57. The Kier molecular flexibility index (Phi) is 20.7. The average Bonchev–Trinajstić information content (AvgIpc) is 1.61. The lowest BCUT2D eigenvalue weighted by molar-refractivity contribution is 0.422. The number of rotatable bonds is 4. The fourth-order valence-electron chi connectivity index (χ4n) is 15.1. The smallest absolute Gasteiger partial charge is 0.166 e. The van der Waals surface area contributed by atoms with Gasteiger partial charge in [0.25, 0.3) is 0 Å². The number of hydrogen-bond acceptors (Lipinski definition) is 10. The molecule has 8 aromatic carbocycles. The van der Waals surface area contributed by atoms with E-state index in [0.717, 1.165) is 0 Å². The maximum atomic E-state index is 12.9. The second-order valence-corrected chi connectivity index (χ2v) is 42.1. The van der Waals surface area contributed by atoms with Crippen molar-refractivity contribution < 1.29 is 20.4 Å². The second-order valence-electron chi connectivity index (χ2n) is 37.5. The van der Waals surface area contributed by atoms with Crippen LogP contribution in [0.25, 0.3) is 129 Å². The molecule has 0 spiro atoms. The van der Waals surface area contributed by atoms with Crippen molar-refractivity contribution in [2.75, 3.05) is 0 Å². The van der Waals surface area contributed by atoms with Gasteiger partial charge in [0.2, 0.25) is 0 Å². The molecule has 8 bridgehead atoms. The van der Waals surface area contributed by atoms with Crippen LogP contribution in [-0.4, -0.2) is 59.9 Å². The van der Waals surface area contributed by atoms with Gasteiger partial charge in [-0.2, -0.15) is 0 Å². The van der Waals surface area contributed by atoms with E-state index in [4.69, 9.17) is 169 Å². The third-order valence-electron chi connectivity index (χ3n) is 20.9. The number of H-pyrrole nitrogens is 1. The number of benzene rings is 8. The Bertz CT molecular complexity index is 6040. The van der Waals surface area contributed by atoms with Crippen LogP contribution in [0.4, 0.5) is 0 Å². The largest absolute Gasteiger partial charge is 0.507 e. The zero-order chi connectivity index (χ0) is 83.0. The van der Waals surface area contributed by atoms with E-state index in [1.54, 1.807) is 10.6 Å². The lowest BCUT2D eigenvalue weighted by atomic mass is 9.73. The van der Waals surface area contributed by atoms with Crippen LogP contribution in [0.2, 0.25) is 60.3 Å². The number of aromatic nitrogens is 8. The maximum absolute atomic E-state index is 12.9. The zero-order valence-electron chi connectivity index (χ0n) is 66.7. The molecule has 3 aromatic heterocycles. The molecule has 0 atom stereocenters. The number of aromatic amines is 1. The Morgan fingerprint density at radius 3 is 0.911 bits per heavy atom. The first-order valence-electron chi connectivity index (χ1n) is 36.5. The first-order valence-corrected chi connectivity index (χ1v) is 41.0. The second kappa shape index (κ2) is 27.7. The predicted molar refractivity (Wildman–Crippen MR) is 474 cm³/mol. The molecule has 0 aliphatic carbocycles. The van der Waals surface area contributed by atoms with E-state index in [-0.39, 0.29) is 168 Å². The summed E-state index contributed by atoms with van der Waals surface area (Å²) in [6.07, 6.45) is 0. The van der Waals surface area contributed by atoms with Gasteiger partial charge < -0.3 is 25.4 Å². The SMILES string of the molecule is CC(C)(C)c1cc(-c2c(-c3cc(C(C)(C)C)c(O)c(C(C)(C)C)c3)c(-c3cc(C(C)(C)C)c(O)c(C(C)(C)C)c3)c3c4nc5nc(nc6c7c(Cl)c(Cl)c(Cl)c(Cl)c7c(nc7nc(nc([nH]4)c3c2Cl)-c2c(Cl)c(Cl)c(Cl)c(Cl)c2-7)n6-c2cc(C(C)(C)C)c(O)c(C(C)(C)C)c2)-c2c-5cc(Cl)c(Cl)c2Cl)cc(C(C)(C)C)c1O. The molecule has 0 radical (unpaired) electrons. The summed E-state index contributed by atoms with van der Waals surface area (Å²) in [5.41, 5.74) is 3.94. The third kappa shape index (κ3) is 13.8. The normalized spacial score (nSPS) is 13.3. The van der Waals surface area contributed by atoms with Crippen LogP contribution in [-0.2, 0) is 43.3 Å². The van der Waals surface area contributed by atoms with Crippen molar-refractivity contribution in [3.8, 4) is 108 Å².